The molecule has 3 aromatic rings. The van der Waals surface area contributed by atoms with Crippen LogP contribution in [-0.2, 0) is 4.79 Å². The SMILES string of the molecule is O=C(COc1cccc(Oc2ccccn2)c1)Nc1cccc(OC(F)(F)F)c1. The average Bonchev–Trinajstić information content (AvgIpc) is 2.66. The molecule has 6 nitrogen and oxygen atoms in total. The van der Waals surface area contributed by atoms with Crippen LogP contribution in [0.2, 0.25) is 0 Å². The van der Waals surface area contributed by atoms with Gasteiger partial charge in [0.05, 0.1) is 0 Å². The van der Waals surface area contributed by atoms with Gasteiger partial charge in [0.15, 0.2) is 6.61 Å². The Morgan fingerprint density at radius 2 is 1.69 bits per heavy atom. The van der Waals surface area contributed by atoms with E-state index in [1.807, 2.05) is 0 Å². The Bertz CT molecular complexity index is 965. The third-order valence-electron chi connectivity index (χ3n) is 3.39. The summed E-state index contributed by atoms with van der Waals surface area (Å²) < 4.78 is 51.6. The highest BCUT2D eigenvalue weighted by Crippen LogP contribution is 2.26. The van der Waals surface area contributed by atoms with Crippen LogP contribution in [0.1, 0.15) is 0 Å². The average molecular weight is 404 g/mol. The van der Waals surface area contributed by atoms with Crippen molar-refractivity contribution in [2.45, 2.75) is 6.36 Å². The topological polar surface area (TPSA) is 69.7 Å². The van der Waals surface area contributed by atoms with Crippen molar-refractivity contribution in [1.29, 1.82) is 0 Å². The van der Waals surface area contributed by atoms with Crippen molar-refractivity contribution in [2.75, 3.05) is 11.9 Å². The maximum absolute atomic E-state index is 12.3. The van der Waals surface area contributed by atoms with Gasteiger partial charge in [-0.15, -0.1) is 13.2 Å². The van der Waals surface area contributed by atoms with Crippen molar-refractivity contribution < 1.29 is 32.2 Å². The van der Waals surface area contributed by atoms with Crippen LogP contribution < -0.4 is 19.5 Å². The van der Waals surface area contributed by atoms with Gasteiger partial charge in [-0.05, 0) is 30.3 Å². The summed E-state index contributed by atoms with van der Waals surface area (Å²) in [5.41, 5.74) is 0.146. The van der Waals surface area contributed by atoms with E-state index < -0.39 is 18.0 Å². The van der Waals surface area contributed by atoms with Crippen molar-refractivity contribution in [3.05, 3.63) is 72.9 Å². The second-order valence-corrected chi connectivity index (χ2v) is 5.66. The number of carbonyl (C=O) groups excluding carboxylic acids is 1. The first-order valence-corrected chi connectivity index (χ1v) is 8.35. The lowest BCUT2D eigenvalue weighted by molar-refractivity contribution is -0.274. The standard InChI is InChI=1S/C20H15F3N2O4/c21-20(22,23)29-17-8-3-5-14(11-17)25-18(26)13-27-15-6-4-7-16(12-15)28-19-9-1-2-10-24-19/h1-12H,13H2,(H,25,26). The highest BCUT2D eigenvalue weighted by Gasteiger charge is 2.31. The fourth-order valence-corrected chi connectivity index (χ4v) is 2.27. The van der Waals surface area contributed by atoms with E-state index in [2.05, 4.69) is 15.0 Å². The molecule has 1 heterocycles. The largest absolute Gasteiger partial charge is 0.573 e. The van der Waals surface area contributed by atoms with E-state index in [0.29, 0.717) is 17.4 Å². The number of nitrogens with zero attached hydrogens (tertiary/aromatic N) is 1. The minimum absolute atomic E-state index is 0.146. The van der Waals surface area contributed by atoms with E-state index in [1.54, 1.807) is 48.7 Å². The molecule has 0 aliphatic carbocycles. The van der Waals surface area contributed by atoms with Gasteiger partial charge in [0.2, 0.25) is 5.88 Å². The Labute approximate surface area is 163 Å². The molecular formula is C20H15F3N2O4. The van der Waals surface area contributed by atoms with Gasteiger partial charge in [0.25, 0.3) is 5.91 Å². The number of hydrogen-bond acceptors (Lipinski definition) is 5. The number of benzene rings is 2. The fraction of sp³-hybridized carbons (Fsp3) is 0.100. The molecule has 1 aromatic heterocycles. The quantitative estimate of drug-likeness (QED) is 0.613. The molecule has 0 spiro atoms. The molecular weight excluding hydrogens is 389 g/mol. The van der Waals surface area contributed by atoms with Crippen molar-refractivity contribution >= 4 is 11.6 Å². The summed E-state index contributed by atoms with van der Waals surface area (Å²) in [6.45, 7) is -0.350. The number of ether oxygens (including phenoxy) is 3. The Morgan fingerprint density at radius 3 is 2.45 bits per heavy atom. The third-order valence-corrected chi connectivity index (χ3v) is 3.39. The lowest BCUT2D eigenvalue weighted by Gasteiger charge is -2.11. The lowest BCUT2D eigenvalue weighted by atomic mass is 10.3. The maximum Gasteiger partial charge on any atom is 0.573 e. The molecule has 150 valence electrons. The van der Waals surface area contributed by atoms with Crippen LogP contribution in [0.25, 0.3) is 0 Å². The first-order valence-electron chi connectivity index (χ1n) is 8.35. The van der Waals surface area contributed by atoms with Gasteiger partial charge in [-0.2, -0.15) is 0 Å². The van der Waals surface area contributed by atoms with E-state index in [-0.39, 0.29) is 12.3 Å². The van der Waals surface area contributed by atoms with Gasteiger partial charge in [-0.3, -0.25) is 4.79 Å². The van der Waals surface area contributed by atoms with E-state index in [0.717, 1.165) is 12.1 Å². The summed E-state index contributed by atoms with van der Waals surface area (Å²) in [5.74, 6) is 0.269. The van der Waals surface area contributed by atoms with Crippen LogP contribution >= 0.6 is 0 Å². The lowest BCUT2D eigenvalue weighted by Crippen LogP contribution is -2.20. The predicted molar refractivity (Wildman–Crippen MR) is 98.0 cm³/mol. The molecule has 0 saturated heterocycles. The number of hydrogen-bond donors (Lipinski definition) is 1. The molecule has 0 fully saturated rings. The summed E-state index contributed by atoms with van der Waals surface area (Å²) in [4.78, 5) is 16.1. The molecule has 0 aliphatic rings. The molecule has 0 atom stereocenters. The molecule has 1 N–H and O–H groups in total. The zero-order chi connectivity index (χ0) is 20.7. The van der Waals surface area contributed by atoms with Gasteiger partial charge in [0, 0.05) is 30.1 Å². The molecule has 0 saturated carbocycles. The van der Waals surface area contributed by atoms with E-state index >= 15 is 0 Å². The third kappa shape index (κ3) is 6.73. The number of rotatable bonds is 7. The molecule has 0 radical (unpaired) electrons. The normalized spacial score (nSPS) is 10.9. The van der Waals surface area contributed by atoms with E-state index in [4.69, 9.17) is 9.47 Å². The number of amides is 1. The number of alkyl halides is 3. The number of halogens is 3. The van der Waals surface area contributed by atoms with E-state index in [1.165, 1.54) is 12.1 Å². The number of aromatic nitrogens is 1. The van der Waals surface area contributed by atoms with Crippen molar-refractivity contribution in [3.63, 3.8) is 0 Å². The van der Waals surface area contributed by atoms with E-state index in [9.17, 15) is 18.0 Å². The molecule has 3 rings (SSSR count). The van der Waals surface area contributed by atoms with Gasteiger partial charge in [0.1, 0.15) is 17.2 Å². The molecule has 1 amide bonds. The number of carbonyl (C=O) groups is 1. The zero-order valence-electron chi connectivity index (χ0n) is 14.8. The highest BCUT2D eigenvalue weighted by atomic mass is 19.4. The zero-order valence-corrected chi connectivity index (χ0v) is 14.8. The summed E-state index contributed by atoms with van der Waals surface area (Å²) in [6, 6.07) is 16.8. The Balaban J connectivity index is 1.54. The van der Waals surface area contributed by atoms with Crippen molar-refractivity contribution in [1.82, 2.24) is 4.98 Å². The minimum atomic E-state index is -4.81. The smallest absolute Gasteiger partial charge is 0.484 e. The van der Waals surface area contributed by atoms with Crippen LogP contribution in [0.3, 0.4) is 0 Å². The first-order chi connectivity index (χ1) is 13.9. The molecule has 29 heavy (non-hydrogen) atoms. The van der Waals surface area contributed by atoms with Crippen LogP contribution in [0.4, 0.5) is 18.9 Å². The van der Waals surface area contributed by atoms with Crippen LogP contribution in [-0.4, -0.2) is 23.9 Å². The summed E-state index contributed by atoms with van der Waals surface area (Å²) in [7, 11) is 0. The number of pyridine rings is 1. The minimum Gasteiger partial charge on any atom is -0.484 e. The Kier molecular flexibility index (Phi) is 6.18. The van der Waals surface area contributed by atoms with Gasteiger partial charge in [-0.1, -0.05) is 18.2 Å². The maximum atomic E-state index is 12.3. The Morgan fingerprint density at radius 1 is 0.931 bits per heavy atom. The highest BCUT2D eigenvalue weighted by molar-refractivity contribution is 5.92. The second kappa shape index (κ2) is 8.96. The first kappa shape index (κ1) is 20.0. The predicted octanol–water partition coefficient (Wildman–Crippen LogP) is 4.79. The van der Waals surface area contributed by atoms with Crippen molar-refractivity contribution in [2.24, 2.45) is 0 Å². The molecule has 0 aliphatic heterocycles. The molecule has 9 heteroatoms. The second-order valence-electron chi connectivity index (χ2n) is 5.66. The summed E-state index contributed by atoms with van der Waals surface area (Å²) >= 11 is 0. The van der Waals surface area contributed by atoms with Crippen LogP contribution in [0.15, 0.2) is 72.9 Å². The number of nitrogens with one attached hydrogen (secondary N) is 1. The fourth-order valence-electron chi connectivity index (χ4n) is 2.27. The Hall–Kier alpha value is -3.75. The van der Waals surface area contributed by atoms with Gasteiger partial charge in [-0.25, -0.2) is 4.98 Å². The summed E-state index contributed by atoms with van der Waals surface area (Å²) in [5, 5.41) is 2.44. The van der Waals surface area contributed by atoms with Gasteiger partial charge < -0.3 is 19.5 Å². The number of anilines is 1. The summed E-state index contributed by atoms with van der Waals surface area (Å²) in [6.07, 6.45) is -3.22. The molecule has 0 unspecified atom stereocenters. The van der Waals surface area contributed by atoms with Crippen LogP contribution in [0.5, 0.6) is 23.1 Å². The van der Waals surface area contributed by atoms with Gasteiger partial charge >= 0.3 is 6.36 Å². The van der Waals surface area contributed by atoms with Crippen LogP contribution in [0, 0.1) is 0 Å². The van der Waals surface area contributed by atoms with Crippen molar-refractivity contribution in [3.8, 4) is 23.1 Å². The molecule has 0 bridgehead atoms. The monoisotopic (exact) mass is 404 g/mol. The molecule has 2 aromatic carbocycles.